The third-order valence-electron chi connectivity index (χ3n) is 4.94. The van der Waals surface area contributed by atoms with E-state index in [4.69, 9.17) is 10.5 Å². The average Bonchev–Trinajstić information content (AvgIpc) is 2.87. The molecule has 10 heteroatoms. The van der Waals surface area contributed by atoms with Crippen LogP contribution >= 0.6 is 0 Å². The number of phenolic OH excluding ortho intramolecular Hbond substituents is 1. The van der Waals surface area contributed by atoms with Crippen LogP contribution in [0.5, 0.6) is 11.5 Å². The number of hydrogen-bond acceptors (Lipinski definition) is 6. The largest absolute Gasteiger partial charge is 0.506 e. The number of carbonyl (C=O) groups is 1. The molecule has 29 heavy (non-hydrogen) atoms. The highest BCUT2D eigenvalue weighted by Gasteiger charge is 2.37. The number of halogens is 1. The number of amides is 1. The number of nitrogens with zero attached hydrogens (tertiary/aromatic N) is 1. The molecule has 0 atom stereocenters. The van der Waals surface area contributed by atoms with E-state index in [9.17, 15) is 18.3 Å². The van der Waals surface area contributed by atoms with E-state index in [1.165, 1.54) is 12.1 Å². The van der Waals surface area contributed by atoms with E-state index in [0.717, 1.165) is 12.8 Å². The molecule has 158 valence electrons. The van der Waals surface area contributed by atoms with Crippen LogP contribution in [-0.4, -0.2) is 39.1 Å². The predicted octanol–water partition coefficient (Wildman–Crippen LogP) is 2.01. The van der Waals surface area contributed by atoms with Crippen LogP contribution in [0.25, 0.3) is 10.8 Å². The smallest absolute Gasteiger partial charge is 0.326 e. The first kappa shape index (κ1) is 21.1. The lowest BCUT2D eigenvalue weighted by Gasteiger charge is -2.23. The number of benzene rings is 2. The molecular formula is C19H24FN3O5S. The monoisotopic (exact) mass is 425 g/mol. The quantitative estimate of drug-likeness (QED) is 0.624. The second kappa shape index (κ2) is 7.68. The molecule has 1 amide bonds. The minimum Gasteiger partial charge on any atom is -0.506 e. The molecule has 0 unspecified atom stereocenters. The Kier molecular flexibility index (Phi) is 5.59. The second-order valence-corrected chi connectivity index (χ2v) is 9.37. The van der Waals surface area contributed by atoms with Gasteiger partial charge in [-0.05, 0) is 48.4 Å². The van der Waals surface area contributed by atoms with Crippen molar-refractivity contribution < 1.29 is 27.4 Å². The van der Waals surface area contributed by atoms with Gasteiger partial charge in [0.15, 0.2) is 5.82 Å². The highest BCUT2D eigenvalue weighted by molar-refractivity contribution is 7.92. The first-order valence-electron chi connectivity index (χ1n) is 9.15. The SMILES string of the molecule is CC(C)(CCN)CCOc1ccc2cc(O)c(N3CC(=O)NS3(=O)=O)c(F)c2c1. The van der Waals surface area contributed by atoms with Gasteiger partial charge < -0.3 is 15.6 Å². The van der Waals surface area contributed by atoms with Crippen LogP contribution in [-0.2, 0) is 15.0 Å². The average molecular weight is 425 g/mol. The fourth-order valence-electron chi connectivity index (χ4n) is 3.24. The topological polar surface area (TPSA) is 122 Å². The predicted molar refractivity (Wildman–Crippen MR) is 108 cm³/mol. The Morgan fingerprint density at radius 1 is 1.31 bits per heavy atom. The van der Waals surface area contributed by atoms with Crippen LogP contribution < -0.4 is 19.5 Å². The van der Waals surface area contributed by atoms with Crippen LogP contribution in [0.4, 0.5) is 10.1 Å². The summed E-state index contributed by atoms with van der Waals surface area (Å²) in [6.07, 6.45) is 1.60. The number of fused-ring (bicyclic) bond motifs is 1. The molecule has 1 aliphatic rings. The number of rotatable bonds is 7. The van der Waals surface area contributed by atoms with Crippen molar-refractivity contribution in [3.63, 3.8) is 0 Å². The van der Waals surface area contributed by atoms with Gasteiger partial charge in [-0.3, -0.25) is 4.79 Å². The summed E-state index contributed by atoms with van der Waals surface area (Å²) in [5, 5.41) is 10.6. The Morgan fingerprint density at radius 3 is 2.66 bits per heavy atom. The molecular weight excluding hydrogens is 401 g/mol. The molecule has 0 bridgehead atoms. The molecule has 1 fully saturated rings. The van der Waals surface area contributed by atoms with Crippen LogP contribution in [0.3, 0.4) is 0 Å². The van der Waals surface area contributed by atoms with Crippen molar-refractivity contribution in [2.75, 3.05) is 24.0 Å². The highest BCUT2D eigenvalue weighted by Crippen LogP contribution is 2.39. The zero-order valence-corrected chi connectivity index (χ0v) is 17.1. The Labute approximate surface area is 168 Å². The van der Waals surface area contributed by atoms with Gasteiger partial charge in [-0.2, -0.15) is 8.42 Å². The fourth-order valence-corrected chi connectivity index (χ4v) is 4.40. The summed E-state index contributed by atoms with van der Waals surface area (Å²) < 4.78 is 47.3. The van der Waals surface area contributed by atoms with E-state index in [2.05, 4.69) is 13.8 Å². The summed E-state index contributed by atoms with van der Waals surface area (Å²) in [4.78, 5) is 11.5. The van der Waals surface area contributed by atoms with Crippen LogP contribution in [0.2, 0.25) is 0 Å². The Balaban J connectivity index is 1.91. The van der Waals surface area contributed by atoms with Gasteiger partial charge in [0, 0.05) is 5.39 Å². The zero-order valence-electron chi connectivity index (χ0n) is 16.2. The molecule has 0 aliphatic carbocycles. The molecule has 2 aromatic rings. The number of hydrogen-bond donors (Lipinski definition) is 3. The summed E-state index contributed by atoms with van der Waals surface area (Å²) in [5.74, 6) is -1.92. The maximum Gasteiger partial charge on any atom is 0.326 e. The van der Waals surface area contributed by atoms with Gasteiger partial charge in [0.25, 0.3) is 5.91 Å². The van der Waals surface area contributed by atoms with Gasteiger partial charge >= 0.3 is 10.2 Å². The standard InChI is InChI=1S/C19H24FN3O5S/c1-19(2,5-7-21)6-8-28-13-4-3-12-9-15(24)18(17(20)14(12)10-13)23-11-16(25)22-29(23,26)27/h3-4,9-10,24H,5-8,11,21H2,1-2H3,(H,22,25). The van der Waals surface area contributed by atoms with E-state index in [1.54, 1.807) is 16.9 Å². The summed E-state index contributed by atoms with van der Waals surface area (Å²) >= 11 is 0. The molecule has 2 aromatic carbocycles. The van der Waals surface area contributed by atoms with Gasteiger partial charge in [-0.15, -0.1) is 0 Å². The van der Waals surface area contributed by atoms with Gasteiger partial charge in [-0.1, -0.05) is 19.9 Å². The number of aromatic hydroxyl groups is 1. The number of nitrogens with two attached hydrogens (primary N) is 1. The molecule has 4 N–H and O–H groups in total. The summed E-state index contributed by atoms with van der Waals surface area (Å²) in [6, 6.07) is 5.92. The third kappa shape index (κ3) is 4.38. The molecule has 3 rings (SSSR count). The summed E-state index contributed by atoms with van der Waals surface area (Å²) in [5.41, 5.74) is 5.05. The number of phenols is 1. The third-order valence-corrected chi connectivity index (χ3v) is 6.32. The number of anilines is 1. The maximum absolute atomic E-state index is 15.2. The van der Waals surface area contributed by atoms with Gasteiger partial charge in [-0.25, -0.2) is 13.4 Å². The van der Waals surface area contributed by atoms with Crippen molar-refractivity contribution in [2.45, 2.75) is 26.7 Å². The van der Waals surface area contributed by atoms with Gasteiger partial charge in [0.05, 0.1) is 6.61 Å². The fraction of sp³-hybridized carbons (Fsp3) is 0.421. The molecule has 0 aromatic heterocycles. The normalized spacial score (nSPS) is 16.3. The Hall–Kier alpha value is -2.59. The van der Waals surface area contributed by atoms with Crippen molar-refractivity contribution in [1.82, 2.24) is 4.72 Å². The molecule has 1 aliphatic heterocycles. The molecule has 0 spiro atoms. The lowest BCUT2D eigenvalue weighted by molar-refractivity contribution is -0.117. The van der Waals surface area contributed by atoms with E-state index in [1.807, 2.05) is 0 Å². The minimum absolute atomic E-state index is 0.0134. The van der Waals surface area contributed by atoms with Crippen molar-refractivity contribution in [2.24, 2.45) is 11.1 Å². The van der Waals surface area contributed by atoms with E-state index in [0.29, 0.717) is 28.6 Å². The van der Waals surface area contributed by atoms with Crippen LogP contribution in [0, 0.1) is 11.2 Å². The first-order chi connectivity index (χ1) is 13.5. The van der Waals surface area contributed by atoms with Crippen LogP contribution in [0.15, 0.2) is 24.3 Å². The summed E-state index contributed by atoms with van der Waals surface area (Å²) in [6.45, 7) is 4.56. The van der Waals surface area contributed by atoms with Crippen molar-refractivity contribution >= 4 is 32.6 Å². The van der Waals surface area contributed by atoms with Crippen LogP contribution in [0.1, 0.15) is 26.7 Å². The van der Waals surface area contributed by atoms with E-state index in [-0.39, 0.29) is 10.8 Å². The summed E-state index contributed by atoms with van der Waals surface area (Å²) in [7, 11) is -4.26. The van der Waals surface area contributed by atoms with Crippen molar-refractivity contribution in [3.05, 3.63) is 30.1 Å². The van der Waals surface area contributed by atoms with Gasteiger partial charge in [0.2, 0.25) is 0 Å². The van der Waals surface area contributed by atoms with E-state index >= 15 is 4.39 Å². The molecule has 1 heterocycles. The molecule has 8 nitrogen and oxygen atoms in total. The van der Waals surface area contributed by atoms with Crippen molar-refractivity contribution in [1.29, 1.82) is 0 Å². The van der Waals surface area contributed by atoms with Crippen molar-refractivity contribution in [3.8, 4) is 11.5 Å². The Morgan fingerprint density at radius 2 is 2.03 bits per heavy atom. The maximum atomic E-state index is 15.2. The first-order valence-corrected chi connectivity index (χ1v) is 10.6. The zero-order chi connectivity index (χ0) is 21.4. The second-order valence-electron chi connectivity index (χ2n) is 7.78. The van der Waals surface area contributed by atoms with Gasteiger partial charge in [0.1, 0.15) is 23.7 Å². The minimum atomic E-state index is -4.26. The molecule has 0 saturated carbocycles. The Bertz CT molecular complexity index is 1060. The number of carbonyl (C=O) groups excluding carboxylic acids is 1. The number of ether oxygens (including phenoxy) is 1. The lowest BCUT2D eigenvalue weighted by Crippen LogP contribution is -2.30. The molecule has 1 saturated heterocycles. The van der Waals surface area contributed by atoms with E-state index < -0.39 is 39.9 Å². The lowest BCUT2D eigenvalue weighted by atomic mass is 9.86. The number of nitrogens with one attached hydrogen (secondary N) is 1. The molecule has 0 radical (unpaired) electrons. The highest BCUT2D eigenvalue weighted by atomic mass is 32.2.